The Hall–Kier alpha value is -2.78. The number of hydrogen-bond donors (Lipinski definition) is 1. The van der Waals surface area contributed by atoms with E-state index in [0.29, 0.717) is 28.0 Å². The molecule has 0 atom stereocenters. The highest BCUT2D eigenvalue weighted by Crippen LogP contribution is 2.32. The molecular formula is C26H28Cl2N4O. The van der Waals surface area contributed by atoms with E-state index in [2.05, 4.69) is 22.3 Å². The Balaban J connectivity index is 2.13. The smallest absolute Gasteiger partial charge is 0.272 e. The molecule has 0 saturated heterocycles. The van der Waals surface area contributed by atoms with Gasteiger partial charge in [0.05, 0.1) is 22.9 Å². The molecule has 0 saturated carbocycles. The van der Waals surface area contributed by atoms with E-state index in [9.17, 15) is 4.79 Å². The van der Waals surface area contributed by atoms with Gasteiger partial charge in [-0.2, -0.15) is 5.10 Å². The van der Waals surface area contributed by atoms with Crippen molar-refractivity contribution < 1.29 is 4.79 Å². The standard InChI is InChI=1S/C26H28Cl2N4O/c1-17-23(25(33)29-26(2,3)4)30-32(24(17)19-10-12-20(27)13-11-19)22-14-9-18(16-21(22)28)8-7-15-31(5)6/h9-14,16H,15H2,1-6H3,(H,29,33). The Morgan fingerprint density at radius 2 is 1.79 bits per heavy atom. The van der Waals surface area contributed by atoms with Gasteiger partial charge in [-0.15, -0.1) is 0 Å². The molecule has 0 bridgehead atoms. The zero-order chi connectivity index (χ0) is 24.3. The van der Waals surface area contributed by atoms with Gasteiger partial charge in [0.2, 0.25) is 0 Å². The van der Waals surface area contributed by atoms with Crippen molar-refractivity contribution in [2.75, 3.05) is 20.6 Å². The van der Waals surface area contributed by atoms with E-state index in [0.717, 1.165) is 22.4 Å². The maximum Gasteiger partial charge on any atom is 0.272 e. The van der Waals surface area contributed by atoms with Crippen molar-refractivity contribution in [2.45, 2.75) is 33.2 Å². The Kier molecular flexibility index (Phi) is 7.54. The molecule has 0 aliphatic carbocycles. The number of nitrogens with zero attached hydrogens (tertiary/aromatic N) is 3. The summed E-state index contributed by atoms with van der Waals surface area (Å²) >= 11 is 12.8. The number of benzene rings is 2. The molecule has 0 unspecified atom stereocenters. The number of nitrogens with one attached hydrogen (secondary N) is 1. The summed E-state index contributed by atoms with van der Waals surface area (Å²) in [5.74, 6) is 5.99. The summed E-state index contributed by atoms with van der Waals surface area (Å²) in [6.45, 7) is 8.35. The maximum atomic E-state index is 13.0. The van der Waals surface area contributed by atoms with Crippen molar-refractivity contribution in [2.24, 2.45) is 0 Å². The molecule has 1 amide bonds. The van der Waals surface area contributed by atoms with Crippen LogP contribution < -0.4 is 5.32 Å². The second kappa shape index (κ2) is 10.0. The van der Waals surface area contributed by atoms with Crippen molar-refractivity contribution in [1.82, 2.24) is 20.0 Å². The van der Waals surface area contributed by atoms with Crippen LogP contribution in [0, 0.1) is 18.8 Å². The first-order chi connectivity index (χ1) is 15.5. The van der Waals surface area contributed by atoms with Gasteiger partial charge >= 0.3 is 0 Å². The van der Waals surface area contributed by atoms with Crippen molar-refractivity contribution in [1.29, 1.82) is 0 Å². The third-order valence-electron chi connectivity index (χ3n) is 4.75. The van der Waals surface area contributed by atoms with Crippen LogP contribution in [0.3, 0.4) is 0 Å². The summed E-state index contributed by atoms with van der Waals surface area (Å²) < 4.78 is 1.72. The summed E-state index contributed by atoms with van der Waals surface area (Å²) in [6, 6.07) is 13.0. The average molecular weight is 483 g/mol. The molecule has 0 fully saturated rings. The van der Waals surface area contributed by atoms with Crippen molar-refractivity contribution >= 4 is 29.1 Å². The van der Waals surface area contributed by atoms with E-state index in [1.807, 2.05) is 89.2 Å². The van der Waals surface area contributed by atoms with Crippen LogP contribution in [0.5, 0.6) is 0 Å². The molecule has 1 heterocycles. The Bertz CT molecular complexity index is 1230. The zero-order valence-electron chi connectivity index (χ0n) is 19.8. The minimum absolute atomic E-state index is 0.240. The number of carbonyl (C=O) groups is 1. The van der Waals surface area contributed by atoms with Gasteiger partial charge in [-0.25, -0.2) is 4.68 Å². The summed E-state index contributed by atoms with van der Waals surface area (Å²) in [5.41, 5.74) is 3.85. The van der Waals surface area contributed by atoms with E-state index in [1.54, 1.807) is 4.68 Å². The first-order valence-corrected chi connectivity index (χ1v) is 11.3. The van der Waals surface area contributed by atoms with Gasteiger partial charge in [-0.1, -0.05) is 47.2 Å². The van der Waals surface area contributed by atoms with E-state index in [1.165, 1.54) is 0 Å². The molecule has 0 radical (unpaired) electrons. The van der Waals surface area contributed by atoms with Gasteiger partial charge < -0.3 is 5.32 Å². The lowest BCUT2D eigenvalue weighted by molar-refractivity contribution is 0.0913. The minimum Gasteiger partial charge on any atom is -0.346 e. The molecule has 1 N–H and O–H groups in total. The van der Waals surface area contributed by atoms with E-state index < -0.39 is 5.54 Å². The topological polar surface area (TPSA) is 50.2 Å². The van der Waals surface area contributed by atoms with Crippen LogP contribution >= 0.6 is 23.2 Å². The fourth-order valence-corrected chi connectivity index (χ4v) is 3.68. The van der Waals surface area contributed by atoms with Gasteiger partial charge in [0.15, 0.2) is 5.69 Å². The first kappa shape index (κ1) is 24.9. The highest BCUT2D eigenvalue weighted by Gasteiger charge is 2.25. The molecule has 7 heteroatoms. The zero-order valence-corrected chi connectivity index (χ0v) is 21.3. The first-order valence-electron chi connectivity index (χ1n) is 10.6. The lowest BCUT2D eigenvalue weighted by Gasteiger charge is -2.19. The molecule has 3 aromatic rings. The number of amides is 1. The lowest BCUT2D eigenvalue weighted by Crippen LogP contribution is -2.41. The molecule has 5 nitrogen and oxygen atoms in total. The Morgan fingerprint density at radius 3 is 2.36 bits per heavy atom. The predicted molar refractivity (Wildman–Crippen MR) is 136 cm³/mol. The highest BCUT2D eigenvalue weighted by atomic mass is 35.5. The maximum absolute atomic E-state index is 13.0. The van der Waals surface area contributed by atoms with Gasteiger partial charge in [0.25, 0.3) is 5.91 Å². The van der Waals surface area contributed by atoms with Gasteiger partial charge in [-0.05, 0) is 72.1 Å². The highest BCUT2D eigenvalue weighted by molar-refractivity contribution is 6.32. The summed E-state index contributed by atoms with van der Waals surface area (Å²) in [6.07, 6.45) is 0. The number of rotatable bonds is 4. The molecule has 33 heavy (non-hydrogen) atoms. The molecule has 1 aromatic heterocycles. The fraction of sp³-hybridized carbons (Fsp3) is 0.308. The SMILES string of the molecule is Cc1c(C(=O)NC(C)(C)C)nn(-c2ccc(C#CCN(C)C)cc2Cl)c1-c1ccc(Cl)cc1. The van der Waals surface area contributed by atoms with Gasteiger partial charge in [0, 0.05) is 27.3 Å². The van der Waals surface area contributed by atoms with Crippen molar-refractivity contribution in [3.8, 4) is 28.8 Å². The van der Waals surface area contributed by atoms with Crippen LogP contribution in [0.25, 0.3) is 16.9 Å². The summed E-state index contributed by atoms with van der Waals surface area (Å²) in [7, 11) is 3.94. The number of halogens is 2. The second-order valence-corrected chi connectivity index (χ2v) is 9.99. The van der Waals surface area contributed by atoms with Crippen LogP contribution in [-0.4, -0.2) is 46.8 Å². The van der Waals surface area contributed by atoms with Gasteiger partial charge in [0.1, 0.15) is 0 Å². The molecule has 3 rings (SSSR count). The molecular weight excluding hydrogens is 455 g/mol. The lowest BCUT2D eigenvalue weighted by atomic mass is 10.0. The number of carbonyl (C=O) groups excluding carboxylic acids is 1. The van der Waals surface area contributed by atoms with Crippen molar-refractivity contribution in [3.05, 3.63) is 69.3 Å². The molecule has 2 aromatic carbocycles. The van der Waals surface area contributed by atoms with Crippen LogP contribution in [0.4, 0.5) is 0 Å². The third kappa shape index (κ3) is 6.17. The number of aromatic nitrogens is 2. The molecule has 172 valence electrons. The normalized spacial score (nSPS) is 11.3. The Labute approximate surface area is 205 Å². The second-order valence-electron chi connectivity index (χ2n) is 9.15. The monoisotopic (exact) mass is 482 g/mol. The largest absolute Gasteiger partial charge is 0.346 e. The third-order valence-corrected chi connectivity index (χ3v) is 5.30. The molecule has 0 aliphatic rings. The van der Waals surface area contributed by atoms with E-state index in [4.69, 9.17) is 23.2 Å². The quantitative estimate of drug-likeness (QED) is 0.492. The van der Waals surface area contributed by atoms with Crippen molar-refractivity contribution in [3.63, 3.8) is 0 Å². The van der Waals surface area contributed by atoms with Crippen LogP contribution in [0.15, 0.2) is 42.5 Å². The van der Waals surface area contributed by atoms with E-state index >= 15 is 0 Å². The minimum atomic E-state index is -0.391. The Morgan fingerprint density at radius 1 is 1.12 bits per heavy atom. The van der Waals surface area contributed by atoms with E-state index in [-0.39, 0.29) is 5.91 Å². The van der Waals surface area contributed by atoms with Crippen LogP contribution in [-0.2, 0) is 0 Å². The predicted octanol–water partition coefficient (Wildman–Crippen LogP) is 5.60. The average Bonchev–Trinajstić information content (AvgIpc) is 3.04. The van der Waals surface area contributed by atoms with Crippen LogP contribution in [0.2, 0.25) is 10.0 Å². The number of hydrogen-bond acceptors (Lipinski definition) is 3. The summed E-state index contributed by atoms with van der Waals surface area (Å²) in [5, 5.41) is 8.80. The van der Waals surface area contributed by atoms with Gasteiger partial charge in [-0.3, -0.25) is 9.69 Å². The van der Waals surface area contributed by atoms with Crippen LogP contribution in [0.1, 0.15) is 42.4 Å². The fourth-order valence-electron chi connectivity index (χ4n) is 3.29. The summed E-state index contributed by atoms with van der Waals surface area (Å²) in [4.78, 5) is 15.0. The molecule has 0 spiro atoms. The molecule has 0 aliphatic heterocycles.